The molecule has 0 saturated carbocycles. The summed E-state index contributed by atoms with van der Waals surface area (Å²) in [5.41, 5.74) is 3.60. The second kappa shape index (κ2) is 7.24. The molecule has 0 bridgehead atoms. The number of rotatable bonds is 3. The van der Waals surface area contributed by atoms with Crippen LogP contribution in [0.2, 0.25) is 0 Å². The van der Waals surface area contributed by atoms with Crippen LogP contribution in [0.15, 0.2) is 48.5 Å². The molecule has 1 aromatic carbocycles. The van der Waals surface area contributed by atoms with E-state index in [1.54, 1.807) is 6.07 Å². The number of aliphatic carboxylic acids is 1. The summed E-state index contributed by atoms with van der Waals surface area (Å²) in [6, 6.07) is 13.5. The fourth-order valence-corrected chi connectivity index (χ4v) is 1.58. The summed E-state index contributed by atoms with van der Waals surface area (Å²) in [4.78, 5) is 14.7. The molecule has 0 aliphatic carbocycles. The maximum Gasteiger partial charge on any atom is 1.00 e. The molecular weight excluding hydrogens is 249 g/mol. The number of pyridine rings is 1. The Balaban J connectivity index is 0.00000180. The molecule has 0 amide bonds. The van der Waals surface area contributed by atoms with E-state index in [4.69, 9.17) is 0 Å². The van der Waals surface area contributed by atoms with Gasteiger partial charge in [0.05, 0.1) is 17.4 Å². The minimum atomic E-state index is -1.22. The Kier molecular flexibility index (Phi) is 5.96. The molecule has 0 aliphatic heterocycles. The van der Waals surface area contributed by atoms with Crippen molar-refractivity contribution in [1.29, 1.82) is 0 Å². The summed E-state index contributed by atoms with van der Waals surface area (Å²) in [6.45, 7) is 2.02. The molecule has 0 unspecified atom stereocenters. The number of hydrogen-bond acceptors (Lipinski definition) is 3. The van der Waals surface area contributed by atoms with Crippen LogP contribution in [0.1, 0.15) is 11.3 Å². The number of nitrogens with zero attached hydrogens (tertiary/aromatic N) is 1. The summed E-state index contributed by atoms with van der Waals surface area (Å²) in [5.74, 6) is -1.22. The van der Waals surface area contributed by atoms with Gasteiger partial charge in [-0.3, -0.25) is 0 Å². The van der Waals surface area contributed by atoms with Crippen LogP contribution in [0.4, 0.5) is 0 Å². The van der Waals surface area contributed by atoms with Crippen molar-refractivity contribution >= 4 is 12.0 Å². The monoisotopic (exact) mass is 261 g/mol. The predicted molar refractivity (Wildman–Crippen MR) is 68.5 cm³/mol. The summed E-state index contributed by atoms with van der Waals surface area (Å²) >= 11 is 0. The van der Waals surface area contributed by atoms with E-state index in [0.29, 0.717) is 5.69 Å². The van der Waals surface area contributed by atoms with Crippen molar-refractivity contribution in [3.05, 3.63) is 59.8 Å². The molecule has 2 aromatic rings. The average molecular weight is 261 g/mol. The standard InChI is InChI=1S/C15H13NO2.Na/c1-11-5-7-12(8-6-11)14-4-2-3-13(16-14)9-10-15(17)18;/h2-10H,1H3,(H,17,18);/q;+1/p-1/b10-9+;. The zero-order chi connectivity index (χ0) is 13.0. The molecule has 0 spiro atoms. The number of carboxylic acid groups (broad SMARTS) is 1. The Morgan fingerprint density at radius 2 is 1.84 bits per heavy atom. The van der Waals surface area contributed by atoms with Gasteiger partial charge < -0.3 is 9.90 Å². The second-order valence-electron chi connectivity index (χ2n) is 3.97. The first-order valence-electron chi connectivity index (χ1n) is 5.58. The van der Waals surface area contributed by atoms with Crippen molar-refractivity contribution in [3.63, 3.8) is 0 Å². The quantitative estimate of drug-likeness (QED) is 0.516. The van der Waals surface area contributed by atoms with Crippen LogP contribution in [0.25, 0.3) is 17.3 Å². The topological polar surface area (TPSA) is 53.0 Å². The van der Waals surface area contributed by atoms with Gasteiger partial charge in [-0.1, -0.05) is 35.9 Å². The van der Waals surface area contributed by atoms with Gasteiger partial charge in [-0.25, -0.2) is 4.98 Å². The third kappa shape index (κ3) is 4.63. The number of carbonyl (C=O) groups excluding carboxylic acids is 1. The van der Waals surface area contributed by atoms with Gasteiger partial charge in [-0.15, -0.1) is 0 Å². The first kappa shape index (κ1) is 15.6. The minimum Gasteiger partial charge on any atom is -0.545 e. The van der Waals surface area contributed by atoms with Gasteiger partial charge in [0.25, 0.3) is 0 Å². The van der Waals surface area contributed by atoms with E-state index in [1.165, 1.54) is 11.6 Å². The maximum absolute atomic E-state index is 10.3. The Bertz CT molecular complexity index is 591. The van der Waals surface area contributed by atoms with Gasteiger partial charge in [0.1, 0.15) is 0 Å². The van der Waals surface area contributed by atoms with E-state index in [-0.39, 0.29) is 29.6 Å². The van der Waals surface area contributed by atoms with E-state index in [2.05, 4.69) is 4.98 Å². The van der Waals surface area contributed by atoms with E-state index in [0.717, 1.165) is 17.3 Å². The van der Waals surface area contributed by atoms with Gasteiger partial charge in [0.2, 0.25) is 0 Å². The third-order valence-corrected chi connectivity index (χ3v) is 2.51. The molecule has 0 fully saturated rings. The van der Waals surface area contributed by atoms with Crippen molar-refractivity contribution < 1.29 is 39.5 Å². The minimum absolute atomic E-state index is 0. The Morgan fingerprint density at radius 3 is 2.47 bits per heavy atom. The zero-order valence-corrected chi connectivity index (χ0v) is 13.0. The smallest absolute Gasteiger partial charge is 0.545 e. The number of hydrogen-bond donors (Lipinski definition) is 0. The van der Waals surface area contributed by atoms with Crippen molar-refractivity contribution in [2.75, 3.05) is 0 Å². The fourth-order valence-electron chi connectivity index (χ4n) is 1.58. The largest absolute Gasteiger partial charge is 1.00 e. The summed E-state index contributed by atoms with van der Waals surface area (Å²) < 4.78 is 0. The van der Waals surface area contributed by atoms with E-state index in [9.17, 15) is 9.90 Å². The van der Waals surface area contributed by atoms with Crippen LogP contribution in [-0.4, -0.2) is 11.0 Å². The van der Waals surface area contributed by atoms with Crippen LogP contribution in [-0.2, 0) is 4.79 Å². The van der Waals surface area contributed by atoms with Crippen molar-refractivity contribution in [3.8, 4) is 11.3 Å². The normalized spacial score (nSPS) is 10.2. The van der Waals surface area contributed by atoms with Gasteiger partial charge >= 0.3 is 29.6 Å². The van der Waals surface area contributed by atoms with E-state index < -0.39 is 5.97 Å². The molecular formula is C15H12NNaO2. The second-order valence-corrected chi connectivity index (χ2v) is 3.97. The molecule has 90 valence electrons. The Morgan fingerprint density at radius 1 is 1.16 bits per heavy atom. The first-order chi connectivity index (χ1) is 8.65. The van der Waals surface area contributed by atoms with Crippen molar-refractivity contribution in [1.82, 2.24) is 4.98 Å². The summed E-state index contributed by atoms with van der Waals surface area (Å²) in [6.07, 6.45) is 2.40. The number of carboxylic acids is 1. The van der Waals surface area contributed by atoms with Crippen molar-refractivity contribution in [2.45, 2.75) is 6.92 Å². The van der Waals surface area contributed by atoms with Crippen molar-refractivity contribution in [2.24, 2.45) is 0 Å². The molecule has 2 rings (SSSR count). The van der Waals surface area contributed by atoms with Gasteiger partial charge in [0.15, 0.2) is 0 Å². The van der Waals surface area contributed by atoms with Crippen LogP contribution < -0.4 is 34.7 Å². The average Bonchev–Trinajstić information content (AvgIpc) is 2.37. The molecule has 0 N–H and O–H groups in total. The first-order valence-corrected chi connectivity index (χ1v) is 5.58. The van der Waals surface area contributed by atoms with Crippen LogP contribution in [0, 0.1) is 6.92 Å². The molecule has 1 aromatic heterocycles. The molecule has 19 heavy (non-hydrogen) atoms. The van der Waals surface area contributed by atoms with Gasteiger partial charge in [-0.2, -0.15) is 0 Å². The molecule has 1 heterocycles. The van der Waals surface area contributed by atoms with Gasteiger partial charge in [0, 0.05) is 5.56 Å². The molecule has 0 aliphatic rings. The summed E-state index contributed by atoms with van der Waals surface area (Å²) in [7, 11) is 0. The van der Waals surface area contributed by atoms with Gasteiger partial charge in [-0.05, 0) is 31.2 Å². The Hall–Kier alpha value is -1.42. The third-order valence-electron chi connectivity index (χ3n) is 2.51. The molecule has 0 saturated heterocycles. The van der Waals surface area contributed by atoms with E-state index in [1.807, 2.05) is 43.3 Å². The SMILES string of the molecule is Cc1ccc(-c2cccc(/C=C/C(=O)[O-])n2)cc1.[Na+]. The zero-order valence-electron chi connectivity index (χ0n) is 11.0. The van der Waals surface area contributed by atoms with E-state index >= 15 is 0 Å². The number of aryl methyl sites for hydroxylation is 1. The fraction of sp³-hybridized carbons (Fsp3) is 0.0667. The van der Waals surface area contributed by atoms with Crippen LogP contribution >= 0.6 is 0 Å². The Labute approximate surface area is 134 Å². The molecule has 4 heteroatoms. The maximum atomic E-state index is 10.3. The van der Waals surface area contributed by atoms with Crippen LogP contribution in [0.3, 0.4) is 0 Å². The molecule has 0 radical (unpaired) electrons. The predicted octanol–water partition coefficient (Wildman–Crippen LogP) is -1.18. The number of carbonyl (C=O) groups is 1. The number of benzene rings is 1. The molecule has 0 atom stereocenters. The summed E-state index contributed by atoms with van der Waals surface area (Å²) in [5, 5.41) is 10.3. The number of aromatic nitrogens is 1. The molecule has 3 nitrogen and oxygen atoms in total. The van der Waals surface area contributed by atoms with Crippen LogP contribution in [0.5, 0.6) is 0 Å².